The molecule has 5 rings (SSSR count). The maximum absolute atomic E-state index is 15.8. The van der Waals surface area contributed by atoms with Crippen molar-refractivity contribution in [3.63, 3.8) is 0 Å². The van der Waals surface area contributed by atoms with Crippen LogP contribution in [0, 0.1) is 11.7 Å². The van der Waals surface area contributed by atoms with E-state index >= 15 is 4.39 Å². The molecule has 10 nitrogen and oxygen atoms in total. The number of nitrogen functional groups attached to an aromatic ring is 1. The molecule has 2 aromatic heterocycles. The molecule has 0 aliphatic carbocycles. The molecule has 0 saturated carbocycles. The van der Waals surface area contributed by atoms with E-state index in [0.717, 1.165) is 43.8 Å². The number of amides is 1. The van der Waals surface area contributed by atoms with Crippen molar-refractivity contribution in [3.05, 3.63) is 41.3 Å². The molecular weight excluding hydrogens is 553 g/mol. The third-order valence-corrected chi connectivity index (χ3v) is 10.1. The first-order chi connectivity index (χ1) is 19.3. The van der Waals surface area contributed by atoms with E-state index in [1.54, 1.807) is 25.1 Å². The molecule has 13 heteroatoms. The summed E-state index contributed by atoms with van der Waals surface area (Å²) in [6, 6.07) is 6.28. The van der Waals surface area contributed by atoms with Crippen molar-refractivity contribution in [2.75, 3.05) is 42.4 Å². The standard InChI is InChI=1S/C27H34FN7O3S2/c1-2-16-40(37,38)34-20-5-3-4-19(22(20)28)23-24(21-8-13-31-27(29)32-21)39-25(33-23)17-9-14-35(15-10-17)26(36)18-6-11-30-12-7-18/h3-5,8,13,17-18,30,34H,2,6-7,9-12,14-16H2,1H3,(H2,29,31,32). The first-order valence-corrected chi connectivity index (χ1v) is 16.1. The average molecular weight is 588 g/mol. The van der Waals surface area contributed by atoms with Crippen LogP contribution >= 0.6 is 11.3 Å². The fraction of sp³-hybridized carbons (Fsp3) is 0.481. The number of nitrogens with one attached hydrogen (secondary N) is 2. The quantitative estimate of drug-likeness (QED) is 0.361. The number of benzene rings is 1. The largest absolute Gasteiger partial charge is 0.368 e. The Labute approximate surface area is 237 Å². The molecule has 4 N–H and O–H groups in total. The van der Waals surface area contributed by atoms with E-state index in [9.17, 15) is 13.2 Å². The summed E-state index contributed by atoms with van der Waals surface area (Å²) in [5, 5.41) is 4.13. The van der Waals surface area contributed by atoms with Gasteiger partial charge in [-0.2, -0.15) is 0 Å². The van der Waals surface area contributed by atoms with Crippen molar-refractivity contribution in [2.24, 2.45) is 5.92 Å². The monoisotopic (exact) mass is 587 g/mol. The van der Waals surface area contributed by atoms with Gasteiger partial charge in [0.05, 0.1) is 32.7 Å². The number of halogens is 1. The molecule has 214 valence electrons. The number of rotatable bonds is 8. The highest BCUT2D eigenvalue weighted by atomic mass is 32.2. The van der Waals surface area contributed by atoms with E-state index in [1.165, 1.54) is 23.6 Å². The number of piperidine rings is 2. The Balaban J connectivity index is 1.44. The number of carbonyl (C=O) groups excluding carboxylic acids is 1. The molecule has 40 heavy (non-hydrogen) atoms. The van der Waals surface area contributed by atoms with E-state index in [0.29, 0.717) is 35.8 Å². The predicted octanol–water partition coefficient (Wildman–Crippen LogP) is 3.85. The van der Waals surface area contributed by atoms with Gasteiger partial charge in [0.1, 0.15) is 0 Å². The molecule has 0 spiro atoms. The minimum Gasteiger partial charge on any atom is -0.368 e. The molecule has 1 aromatic carbocycles. The summed E-state index contributed by atoms with van der Waals surface area (Å²) < 4.78 is 42.9. The van der Waals surface area contributed by atoms with Gasteiger partial charge in [-0.05, 0) is 63.4 Å². The van der Waals surface area contributed by atoms with Gasteiger partial charge in [0.25, 0.3) is 0 Å². The Kier molecular flexibility index (Phi) is 8.62. The van der Waals surface area contributed by atoms with Crippen molar-refractivity contribution in [3.8, 4) is 21.8 Å². The number of nitrogens with two attached hydrogens (primary N) is 1. The lowest BCUT2D eigenvalue weighted by Crippen LogP contribution is -2.44. The second kappa shape index (κ2) is 12.1. The minimum absolute atomic E-state index is 0.0871. The molecule has 1 amide bonds. The Bertz CT molecular complexity index is 1470. The first kappa shape index (κ1) is 28.4. The highest BCUT2D eigenvalue weighted by Gasteiger charge is 2.32. The fourth-order valence-corrected chi connectivity index (χ4v) is 7.67. The van der Waals surface area contributed by atoms with Crippen molar-refractivity contribution in [1.29, 1.82) is 0 Å². The van der Waals surface area contributed by atoms with Crippen molar-refractivity contribution < 1.29 is 17.6 Å². The van der Waals surface area contributed by atoms with Crippen LogP contribution in [0.3, 0.4) is 0 Å². The summed E-state index contributed by atoms with van der Waals surface area (Å²) in [6.45, 7) is 4.81. The maximum Gasteiger partial charge on any atom is 0.232 e. The summed E-state index contributed by atoms with van der Waals surface area (Å²) in [7, 11) is -3.69. The summed E-state index contributed by atoms with van der Waals surface area (Å²) in [5.41, 5.74) is 6.80. The van der Waals surface area contributed by atoms with E-state index < -0.39 is 15.8 Å². The molecule has 3 aromatic rings. The van der Waals surface area contributed by atoms with Crippen LogP contribution in [-0.4, -0.2) is 66.1 Å². The average Bonchev–Trinajstić information content (AvgIpc) is 3.39. The summed E-state index contributed by atoms with van der Waals surface area (Å²) in [4.78, 5) is 28.9. The molecule has 2 saturated heterocycles. The summed E-state index contributed by atoms with van der Waals surface area (Å²) in [5.74, 6) is -0.301. The van der Waals surface area contributed by atoms with Crippen LogP contribution in [0.2, 0.25) is 0 Å². The van der Waals surface area contributed by atoms with Crippen molar-refractivity contribution >= 4 is 38.9 Å². The van der Waals surface area contributed by atoms with Gasteiger partial charge in [-0.15, -0.1) is 11.3 Å². The zero-order chi connectivity index (χ0) is 28.3. The fourth-order valence-electron chi connectivity index (χ4n) is 5.32. The predicted molar refractivity (Wildman–Crippen MR) is 155 cm³/mol. The minimum atomic E-state index is -3.69. The van der Waals surface area contributed by atoms with Crippen LogP contribution in [0.15, 0.2) is 30.5 Å². The van der Waals surface area contributed by atoms with Gasteiger partial charge >= 0.3 is 0 Å². The van der Waals surface area contributed by atoms with E-state index in [4.69, 9.17) is 10.7 Å². The number of carbonyl (C=O) groups is 1. The van der Waals surface area contributed by atoms with Gasteiger partial charge in [-0.1, -0.05) is 13.0 Å². The zero-order valence-electron chi connectivity index (χ0n) is 22.4. The Hall–Kier alpha value is -3.16. The molecule has 4 heterocycles. The van der Waals surface area contributed by atoms with Crippen LogP contribution in [-0.2, 0) is 14.8 Å². The molecule has 0 unspecified atom stereocenters. The summed E-state index contributed by atoms with van der Waals surface area (Å²) >= 11 is 1.42. The number of nitrogens with zero attached hydrogens (tertiary/aromatic N) is 4. The van der Waals surface area contributed by atoms with E-state index in [2.05, 4.69) is 20.0 Å². The molecular formula is C27H34FN7O3S2. The van der Waals surface area contributed by atoms with Crippen LogP contribution in [0.1, 0.15) is 50.0 Å². The lowest BCUT2D eigenvalue weighted by atomic mass is 9.93. The van der Waals surface area contributed by atoms with Gasteiger partial charge in [0.15, 0.2) is 5.82 Å². The lowest BCUT2D eigenvalue weighted by Gasteiger charge is -2.34. The number of thiazole rings is 1. The highest BCUT2D eigenvalue weighted by Crippen LogP contribution is 2.42. The van der Waals surface area contributed by atoms with E-state index in [1.807, 2.05) is 4.90 Å². The maximum atomic E-state index is 15.8. The van der Waals surface area contributed by atoms with Crippen LogP contribution < -0.4 is 15.8 Å². The third kappa shape index (κ3) is 6.26. The Morgan fingerprint density at radius 2 is 1.93 bits per heavy atom. The Morgan fingerprint density at radius 3 is 2.62 bits per heavy atom. The van der Waals surface area contributed by atoms with Gasteiger partial charge in [0.2, 0.25) is 21.9 Å². The highest BCUT2D eigenvalue weighted by molar-refractivity contribution is 7.92. The second-order valence-corrected chi connectivity index (χ2v) is 13.1. The Morgan fingerprint density at radius 1 is 1.18 bits per heavy atom. The van der Waals surface area contributed by atoms with Crippen LogP contribution in [0.5, 0.6) is 0 Å². The zero-order valence-corrected chi connectivity index (χ0v) is 24.0. The normalized spacial score (nSPS) is 17.2. The molecule has 0 radical (unpaired) electrons. The smallest absolute Gasteiger partial charge is 0.232 e. The van der Waals surface area contributed by atoms with Gasteiger partial charge in [0, 0.05) is 36.7 Å². The molecule has 2 fully saturated rings. The number of sulfonamides is 1. The number of aromatic nitrogens is 3. The molecule has 0 atom stereocenters. The van der Waals surface area contributed by atoms with Gasteiger partial charge in [-0.3, -0.25) is 9.52 Å². The number of hydrogen-bond donors (Lipinski definition) is 3. The SMILES string of the molecule is CCCS(=O)(=O)Nc1cccc(-c2nc(C3CCN(C(=O)C4CCNCC4)CC3)sc2-c2ccnc(N)n2)c1F. The second-order valence-electron chi connectivity index (χ2n) is 10.2. The topological polar surface area (TPSA) is 143 Å². The van der Waals surface area contributed by atoms with E-state index in [-0.39, 0.29) is 40.7 Å². The summed E-state index contributed by atoms with van der Waals surface area (Å²) in [6.07, 6.45) is 5.21. The van der Waals surface area contributed by atoms with Gasteiger partial charge < -0.3 is 16.0 Å². The first-order valence-electron chi connectivity index (χ1n) is 13.6. The van der Waals surface area contributed by atoms with Crippen molar-refractivity contribution in [1.82, 2.24) is 25.2 Å². The van der Waals surface area contributed by atoms with Gasteiger partial charge in [-0.25, -0.2) is 27.8 Å². The number of likely N-dealkylation sites (tertiary alicyclic amines) is 1. The molecule has 0 bridgehead atoms. The van der Waals surface area contributed by atoms with Crippen LogP contribution in [0.25, 0.3) is 21.8 Å². The number of anilines is 2. The third-order valence-electron chi connectivity index (χ3n) is 7.39. The molecule has 2 aliphatic heterocycles. The molecule has 2 aliphatic rings. The number of hydrogen-bond acceptors (Lipinski definition) is 9. The van der Waals surface area contributed by atoms with Crippen LogP contribution in [0.4, 0.5) is 16.0 Å². The van der Waals surface area contributed by atoms with Crippen molar-refractivity contribution in [2.45, 2.75) is 44.9 Å². The lowest BCUT2D eigenvalue weighted by molar-refractivity contribution is -0.137.